The molecular weight excluding hydrogens is 209 g/mol. The molecule has 1 unspecified atom stereocenters. The maximum atomic E-state index is 10.7. The van der Waals surface area contributed by atoms with E-state index in [1.807, 2.05) is 12.1 Å². The van der Waals surface area contributed by atoms with Gasteiger partial charge < -0.3 is 5.32 Å². The highest BCUT2D eigenvalue weighted by Crippen LogP contribution is 2.28. The zero-order chi connectivity index (χ0) is 9.42. The number of nitrogens with one attached hydrogen (secondary N) is 1. The average Bonchev–Trinajstić information content (AvgIpc) is 1.96. The summed E-state index contributed by atoms with van der Waals surface area (Å²) in [6, 6.07) is 5.39. The van der Waals surface area contributed by atoms with E-state index in [2.05, 4.69) is 5.32 Å². The normalized spacial score (nSPS) is 20.8. The van der Waals surface area contributed by atoms with Gasteiger partial charge in [0.05, 0.1) is 12.5 Å². The minimum absolute atomic E-state index is 0.0705. The predicted octanol–water partition coefficient (Wildman–Crippen LogP) is 2.55. The molecule has 1 saturated heterocycles. The van der Waals surface area contributed by atoms with Crippen molar-refractivity contribution in [3.8, 4) is 0 Å². The van der Waals surface area contributed by atoms with Crippen molar-refractivity contribution < 1.29 is 4.79 Å². The van der Waals surface area contributed by atoms with Crippen LogP contribution in [0.4, 0.5) is 0 Å². The second-order valence-corrected chi connectivity index (χ2v) is 3.90. The molecule has 0 spiro atoms. The van der Waals surface area contributed by atoms with Gasteiger partial charge in [-0.05, 0) is 23.8 Å². The Balaban J connectivity index is 2.25. The van der Waals surface area contributed by atoms with Crippen LogP contribution in [0, 0.1) is 0 Å². The molecule has 1 atom stereocenters. The number of rotatable bonds is 1. The third-order valence-corrected chi connectivity index (χ3v) is 2.45. The van der Waals surface area contributed by atoms with Crippen LogP contribution >= 0.6 is 23.2 Å². The highest BCUT2D eigenvalue weighted by molar-refractivity contribution is 6.34. The van der Waals surface area contributed by atoms with Crippen molar-refractivity contribution in [1.29, 1.82) is 0 Å². The number of benzene rings is 1. The SMILES string of the molecule is O=C1CC(c2cc(Cl)cc(Cl)c2)N1. The minimum atomic E-state index is 0.0705. The molecule has 1 aromatic rings. The summed E-state index contributed by atoms with van der Waals surface area (Å²) in [7, 11) is 0. The van der Waals surface area contributed by atoms with Gasteiger partial charge in [-0.2, -0.15) is 0 Å². The number of carbonyl (C=O) groups is 1. The molecule has 1 aliphatic heterocycles. The zero-order valence-corrected chi connectivity index (χ0v) is 8.19. The van der Waals surface area contributed by atoms with Crippen LogP contribution in [-0.4, -0.2) is 5.91 Å². The van der Waals surface area contributed by atoms with Crippen LogP contribution in [0.2, 0.25) is 10.0 Å². The Kier molecular flexibility index (Phi) is 2.18. The highest BCUT2D eigenvalue weighted by atomic mass is 35.5. The number of halogens is 2. The van der Waals surface area contributed by atoms with Gasteiger partial charge in [-0.15, -0.1) is 0 Å². The fourth-order valence-electron chi connectivity index (χ4n) is 1.34. The van der Waals surface area contributed by atoms with Crippen molar-refractivity contribution in [2.75, 3.05) is 0 Å². The Morgan fingerprint density at radius 3 is 2.23 bits per heavy atom. The summed E-state index contributed by atoms with van der Waals surface area (Å²) in [6.07, 6.45) is 0.524. The average molecular weight is 216 g/mol. The topological polar surface area (TPSA) is 29.1 Å². The van der Waals surface area contributed by atoms with Crippen molar-refractivity contribution >= 4 is 29.1 Å². The van der Waals surface area contributed by atoms with Gasteiger partial charge in [-0.1, -0.05) is 23.2 Å². The number of amides is 1. The monoisotopic (exact) mass is 215 g/mol. The summed E-state index contributed by atoms with van der Waals surface area (Å²) in [5, 5.41) is 3.96. The highest BCUT2D eigenvalue weighted by Gasteiger charge is 2.26. The molecular formula is C9H7Cl2NO. The summed E-state index contributed by atoms with van der Waals surface area (Å²) in [6.45, 7) is 0. The van der Waals surface area contributed by atoms with Crippen LogP contribution in [0.25, 0.3) is 0 Å². The van der Waals surface area contributed by atoms with E-state index >= 15 is 0 Å². The predicted molar refractivity (Wildman–Crippen MR) is 52.0 cm³/mol. The molecule has 0 bridgehead atoms. The van der Waals surface area contributed by atoms with Crippen LogP contribution in [0.5, 0.6) is 0 Å². The van der Waals surface area contributed by atoms with Crippen LogP contribution in [0.3, 0.4) is 0 Å². The smallest absolute Gasteiger partial charge is 0.222 e. The second kappa shape index (κ2) is 3.20. The van der Waals surface area contributed by atoms with E-state index in [0.29, 0.717) is 16.5 Å². The molecule has 0 radical (unpaired) electrons. The van der Waals surface area contributed by atoms with Gasteiger partial charge in [-0.25, -0.2) is 0 Å². The molecule has 0 aromatic heterocycles. The van der Waals surface area contributed by atoms with Crippen molar-refractivity contribution in [2.24, 2.45) is 0 Å². The molecule has 0 saturated carbocycles. The van der Waals surface area contributed by atoms with Gasteiger partial charge in [0.1, 0.15) is 0 Å². The maximum Gasteiger partial charge on any atom is 0.222 e. The molecule has 1 fully saturated rings. The third-order valence-electron chi connectivity index (χ3n) is 2.01. The molecule has 4 heteroatoms. The fourth-order valence-corrected chi connectivity index (χ4v) is 1.88. The third kappa shape index (κ3) is 1.79. The molecule has 2 rings (SSSR count). The van der Waals surface area contributed by atoms with Crippen LogP contribution in [-0.2, 0) is 4.79 Å². The van der Waals surface area contributed by atoms with Crippen molar-refractivity contribution in [1.82, 2.24) is 5.32 Å². The van der Waals surface area contributed by atoms with E-state index in [1.165, 1.54) is 0 Å². The summed E-state index contributed by atoms with van der Waals surface area (Å²) >= 11 is 11.6. The van der Waals surface area contributed by atoms with E-state index in [4.69, 9.17) is 23.2 Å². The molecule has 1 heterocycles. The molecule has 1 aliphatic rings. The van der Waals surface area contributed by atoms with Crippen LogP contribution in [0.1, 0.15) is 18.0 Å². The lowest BCUT2D eigenvalue weighted by atomic mass is 9.97. The van der Waals surface area contributed by atoms with Gasteiger partial charge in [0, 0.05) is 10.0 Å². The summed E-state index contributed by atoms with van der Waals surface area (Å²) in [4.78, 5) is 10.7. The molecule has 0 aliphatic carbocycles. The summed E-state index contributed by atoms with van der Waals surface area (Å²) in [5.41, 5.74) is 0.970. The minimum Gasteiger partial charge on any atom is -0.349 e. The Hall–Kier alpha value is -0.730. The van der Waals surface area contributed by atoms with Crippen LogP contribution < -0.4 is 5.32 Å². The van der Waals surface area contributed by atoms with E-state index in [-0.39, 0.29) is 11.9 Å². The summed E-state index contributed by atoms with van der Waals surface area (Å²) < 4.78 is 0. The lowest BCUT2D eigenvalue weighted by Gasteiger charge is -2.27. The Labute approximate surface area is 85.8 Å². The lowest BCUT2D eigenvalue weighted by molar-refractivity contribution is -0.128. The molecule has 68 valence electrons. The maximum absolute atomic E-state index is 10.7. The number of carbonyl (C=O) groups excluding carboxylic acids is 1. The van der Waals surface area contributed by atoms with E-state index < -0.39 is 0 Å². The standard InChI is InChI=1S/C9H7Cl2NO/c10-6-1-5(2-7(11)3-6)8-4-9(13)12-8/h1-3,8H,4H2,(H,12,13). The molecule has 1 aromatic carbocycles. The van der Waals surface area contributed by atoms with Gasteiger partial charge in [0.2, 0.25) is 5.91 Å². The van der Waals surface area contributed by atoms with Gasteiger partial charge in [-0.3, -0.25) is 4.79 Å². The number of hydrogen-bond acceptors (Lipinski definition) is 1. The first kappa shape index (κ1) is 8.85. The first-order chi connectivity index (χ1) is 6.15. The quantitative estimate of drug-likeness (QED) is 0.718. The van der Waals surface area contributed by atoms with Gasteiger partial charge in [0.25, 0.3) is 0 Å². The van der Waals surface area contributed by atoms with Gasteiger partial charge >= 0.3 is 0 Å². The zero-order valence-electron chi connectivity index (χ0n) is 6.68. The lowest BCUT2D eigenvalue weighted by Crippen LogP contribution is -2.41. The Morgan fingerprint density at radius 1 is 1.23 bits per heavy atom. The van der Waals surface area contributed by atoms with Crippen molar-refractivity contribution in [3.05, 3.63) is 33.8 Å². The van der Waals surface area contributed by atoms with Crippen molar-refractivity contribution in [2.45, 2.75) is 12.5 Å². The molecule has 1 amide bonds. The second-order valence-electron chi connectivity index (χ2n) is 3.03. The number of β-lactam (4-membered cyclic amide) rings is 1. The summed E-state index contributed by atoms with van der Waals surface area (Å²) in [5.74, 6) is 0.0705. The first-order valence-electron chi connectivity index (χ1n) is 3.90. The molecule has 13 heavy (non-hydrogen) atoms. The van der Waals surface area contributed by atoms with E-state index in [1.54, 1.807) is 6.07 Å². The van der Waals surface area contributed by atoms with E-state index in [0.717, 1.165) is 5.56 Å². The van der Waals surface area contributed by atoms with Crippen LogP contribution in [0.15, 0.2) is 18.2 Å². The van der Waals surface area contributed by atoms with Gasteiger partial charge in [0.15, 0.2) is 0 Å². The Morgan fingerprint density at radius 2 is 1.77 bits per heavy atom. The molecule has 1 N–H and O–H groups in total. The first-order valence-corrected chi connectivity index (χ1v) is 4.66. The van der Waals surface area contributed by atoms with Crippen molar-refractivity contribution in [3.63, 3.8) is 0 Å². The van der Waals surface area contributed by atoms with E-state index in [9.17, 15) is 4.79 Å². The largest absolute Gasteiger partial charge is 0.349 e. The fraction of sp³-hybridized carbons (Fsp3) is 0.222. The Bertz CT molecular complexity index is 336. The number of hydrogen-bond donors (Lipinski definition) is 1. The molecule has 2 nitrogen and oxygen atoms in total.